The molecule has 0 aliphatic carbocycles. The van der Waals surface area contributed by atoms with E-state index >= 15 is 0 Å². The van der Waals surface area contributed by atoms with E-state index in [1.807, 2.05) is 5.38 Å². The van der Waals surface area contributed by atoms with E-state index in [0.29, 0.717) is 23.4 Å². The van der Waals surface area contributed by atoms with Crippen LogP contribution in [-0.2, 0) is 24.4 Å². The Labute approximate surface area is 207 Å². The summed E-state index contributed by atoms with van der Waals surface area (Å²) >= 11 is 1.59. The van der Waals surface area contributed by atoms with E-state index < -0.39 is 5.91 Å². The van der Waals surface area contributed by atoms with Gasteiger partial charge in [0.1, 0.15) is 5.01 Å². The second-order valence-electron chi connectivity index (χ2n) is 8.56. The lowest BCUT2D eigenvalue weighted by molar-refractivity contribution is 0.0341. The number of aromatic nitrogens is 2. The van der Waals surface area contributed by atoms with Crippen LogP contribution in [0, 0.1) is 0 Å². The maximum absolute atomic E-state index is 13.1. The van der Waals surface area contributed by atoms with Gasteiger partial charge in [-0.2, -0.15) is 0 Å². The number of pyridine rings is 1. The first kappa shape index (κ1) is 23.3. The largest absolute Gasteiger partial charge is 0.379 e. The Balaban J connectivity index is 1.25. The van der Waals surface area contributed by atoms with Crippen molar-refractivity contribution in [3.05, 3.63) is 81.1 Å². The van der Waals surface area contributed by atoms with Crippen molar-refractivity contribution in [1.82, 2.24) is 24.7 Å². The number of fused-ring (bicyclic) bond motifs is 1. The standard InChI is InChI=1S/C25H25N5O4S/c1-28(13-19-16-35-22(27-19)15-29-8-10-34-11-9-29)23(31)17-5-6-20-21(12-17)25(33)30(24(20)32)14-18-4-2-3-7-26-18/h2-7,12,16H,8-11,13-15H2,1H3. The number of hydrogen-bond donors (Lipinski definition) is 0. The molecule has 1 fully saturated rings. The number of thiazole rings is 1. The van der Waals surface area contributed by atoms with Gasteiger partial charge in [-0.15, -0.1) is 11.3 Å². The number of hydrogen-bond acceptors (Lipinski definition) is 8. The molecule has 1 saturated heterocycles. The van der Waals surface area contributed by atoms with Gasteiger partial charge in [-0.1, -0.05) is 6.07 Å². The average molecular weight is 492 g/mol. The first-order valence-corrected chi connectivity index (χ1v) is 12.3. The Hall–Kier alpha value is -3.47. The minimum atomic E-state index is -0.416. The van der Waals surface area contributed by atoms with Gasteiger partial charge in [-0.25, -0.2) is 4.98 Å². The molecule has 10 heteroatoms. The van der Waals surface area contributed by atoms with Crippen LogP contribution >= 0.6 is 11.3 Å². The van der Waals surface area contributed by atoms with Crippen molar-refractivity contribution in [3.8, 4) is 0 Å². The van der Waals surface area contributed by atoms with Gasteiger partial charge in [0.25, 0.3) is 17.7 Å². The zero-order chi connectivity index (χ0) is 24.4. The molecule has 0 radical (unpaired) electrons. The zero-order valence-electron chi connectivity index (χ0n) is 19.3. The number of carbonyl (C=O) groups is 3. The van der Waals surface area contributed by atoms with Crippen molar-refractivity contribution < 1.29 is 19.1 Å². The zero-order valence-corrected chi connectivity index (χ0v) is 20.2. The molecule has 0 bridgehead atoms. The molecule has 35 heavy (non-hydrogen) atoms. The van der Waals surface area contributed by atoms with Crippen molar-refractivity contribution in [3.63, 3.8) is 0 Å². The lowest BCUT2D eigenvalue weighted by Crippen LogP contribution is -2.35. The van der Waals surface area contributed by atoms with Gasteiger partial charge in [-0.3, -0.25) is 29.2 Å². The van der Waals surface area contributed by atoms with Crippen LogP contribution < -0.4 is 0 Å². The van der Waals surface area contributed by atoms with Crippen molar-refractivity contribution in [2.75, 3.05) is 33.4 Å². The van der Waals surface area contributed by atoms with E-state index in [2.05, 4.69) is 14.9 Å². The maximum Gasteiger partial charge on any atom is 0.261 e. The number of nitrogens with zero attached hydrogens (tertiary/aromatic N) is 5. The molecule has 2 aliphatic rings. The number of rotatable bonds is 7. The van der Waals surface area contributed by atoms with Crippen molar-refractivity contribution in [2.45, 2.75) is 19.6 Å². The van der Waals surface area contributed by atoms with Crippen LogP contribution in [-0.4, -0.2) is 75.7 Å². The predicted octanol–water partition coefficient (Wildman–Crippen LogP) is 2.44. The molecule has 1 aromatic carbocycles. The highest BCUT2D eigenvalue weighted by atomic mass is 32.1. The minimum Gasteiger partial charge on any atom is -0.379 e. The second kappa shape index (κ2) is 10.0. The molecule has 0 spiro atoms. The van der Waals surface area contributed by atoms with Crippen LogP contribution in [0.4, 0.5) is 0 Å². The fourth-order valence-electron chi connectivity index (χ4n) is 4.20. The summed E-state index contributed by atoms with van der Waals surface area (Å²) in [5, 5.41) is 2.98. The molecule has 0 N–H and O–H groups in total. The number of imide groups is 1. The minimum absolute atomic E-state index is 0.0903. The molecular weight excluding hydrogens is 466 g/mol. The van der Waals surface area contributed by atoms with Crippen LogP contribution in [0.5, 0.6) is 0 Å². The molecule has 0 saturated carbocycles. The quantitative estimate of drug-likeness (QED) is 0.469. The summed E-state index contributed by atoms with van der Waals surface area (Å²) in [4.78, 5) is 52.7. The number of morpholine rings is 1. The normalized spacial score (nSPS) is 16.0. The van der Waals surface area contributed by atoms with Gasteiger partial charge in [-0.05, 0) is 30.3 Å². The summed E-state index contributed by atoms with van der Waals surface area (Å²) in [5.41, 5.74) is 2.34. The topological polar surface area (TPSA) is 95.9 Å². The number of carbonyl (C=O) groups excluding carboxylic acids is 3. The van der Waals surface area contributed by atoms with Gasteiger partial charge >= 0.3 is 0 Å². The van der Waals surface area contributed by atoms with Crippen molar-refractivity contribution >= 4 is 29.1 Å². The summed E-state index contributed by atoms with van der Waals surface area (Å²) < 4.78 is 5.39. The van der Waals surface area contributed by atoms with Crippen LogP contribution in [0.2, 0.25) is 0 Å². The first-order valence-electron chi connectivity index (χ1n) is 11.4. The summed E-state index contributed by atoms with van der Waals surface area (Å²) in [5.74, 6) is -1.03. The lowest BCUT2D eigenvalue weighted by Gasteiger charge is -2.25. The maximum atomic E-state index is 13.1. The third kappa shape index (κ3) is 5.00. The number of ether oxygens (including phenoxy) is 1. The molecular formula is C25H25N5O4S. The average Bonchev–Trinajstić information content (AvgIpc) is 3.42. The Kier molecular flexibility index (Phi) is 6.67. The molecule has 3 aromatic rings. The van der Waals surface area contributed by atoms with E-state index in [1.54, 1.807) is 59.8 Å². The summed E-state index contributed by atoms with van der Waals surface area (Å²) in [6.45, 7) is 4.50. The van der Waals surface area contributed by atoms with Crippen molar-refractivity contribution in [1.29, 1.82) is 0 Å². The summed E-state index contributed by atoms with van der Waals surface area (Å²) in [7, 11) is 1.71. The summed E-state index contributed by atoms with van der Waals surface area (Å²) in [6, 6.07) is 10.0. The fourth-order valence-corrected chi connectivity index (χ4v) is 5.03. The molecule has 9 nitrogen and oxygen atoms in total. The van der Waals surface area contributed by atoms with Gasteiger partial charge in [0, 0.05) is 37.3 Å². The highest BCUT2D eigenvalue weighted by Crippen LogP contribution is 2.26. The lowest BCUT2D eigenvalue weighted by atomic mass is 10.0. The van der Waals surface area contributed by atoms with E-state index in [1.165, 1.54) is 6.07 Å². The smallest absolute Gasteiger partial charge is 0.261 e. The van der Waals surface area contributed by atoms with E-state index in [9.17, 15) is 14.4 Å². The fraction of sp³-hybridized carbons (Fsp3) is 0.320. The molecule has 5 rings (SSSR count). The van der Waals surface area contributed by atoms with Crippen LogP contribution in [0.3, 0.4) is 0 Å². The van der Waals surface area contributed by atoms with Gasteiger partial charge in [0.05, 0.1) is 55.4 Å². The molecule has 0 atom stereocenters. The first-order chi connectivity index (χ1) is 17.0. The third-order valence-corrected chi connectivity index (χ3v) is 6.95. The number of amides is 3. The van der Waals surface area contributed by atoms with Gasteiger partial charge in [0.15, 0.2) is 0 Å². The Bertz CT molecular complexity index is 1260. The SMILES string of the molecule is CN(Cc1csc(CN2CCOCC2)n1)C(=O)c1ccc2c(c1)C(=O)N(Cc1ccccn1)C2=O. The number of benzene rings is 1. The molecule has 180 valence electrons. The predicted molar refractivity (Wildman–Crippen MR) is 129 cm³/mol. The Morgan fingerprint density at radius 2 is 1.86 bits per heavy atom. The molecule has 2 aliphatic heterocycles. The van der Waals surface area contributed by atoms with E-state index in [4.69, 9.17) is 4.74 Å². The molecule has 3 amide bonds. The van der Waals surface area contributed by atoms with E-state index in [0.717, 1.165) is 48.4 Å². The Morgan fingerprint density at radius 3 is 2.63 bits per heavy atom. The summed E-state index contributed by atoms with van der Waals surface area (Å²) in [6.07, 6.45) is 1.62. The van der Waals surface area contributed by atoms with Crippen LogP contribution in [0.15, 0.2) is 48.0 Å². The highest BCUT2D eigenvalue weighted by Gasteiger charge is 2.36. The van der Waals surface area contributed by atoms with Gasteiger partial charge < -0.3 is 9.64 Å². The van der Waals surface area contributed by atoms with Gasteiger partial charge in [0.2, 0.25) is 0 Å². The van der Waals surface area contributed by atoms with Crippen LogP contribution in [0.25, 0.3) is 0 Å². The van der Waals surface area contributed by atoms with Crippen molar-refractivity contribution in [2.24, 2.45) is 0 Å². The molecule has 0 unspecified atom stereocenters. The third-order valence-electron chi connectivity index (χ3n) is 6.07. The monoisotopic (exact) mass is 491 g/mol. The van der Waals surface area contributed by atoms with Crippen LogP contribution in [0.1, 0.15) is 47.5 Å². The van der Waals surface area contributed by atoms with E-state index in [-0.39, 0.29) is 23.9 Å². The second-order valence-corrected chi connectivity index (χ2v) is 9.50. The Morgan fingerprint density at radius 1 is 1.06 bits per heavy atom. The molecule has 4 heterocycles. The highest BCUT2D eigenvalue weighted by molar-refractivity contribution is 7.09. The molecule has 2 aromatic heterocycles.